The summed E-state index contributed by atoms with van der Waals surface area (Å²) in [5, 5.41) is 3.77. The zero-order valence-electron chi connectivity index (χ0n) is 11.1. The Morgan fingerprint density at radius 2 is 1.74 bits per heavy atom. The molecular formula is C17H18N2. The lowest BCUT2D eigenvalue weighted by Gasteiger charge is -2.27. The number of benzene rings is 2. The van der Waals surface area contributed by atoms with Gasteiger partial charge in [0, 0.05) is 18.3 Å². The fraction of sp³-hybridized carbons (Fsp3) is 0.294. The number of nitrogens with one attached hydrogen (secondary N) is 1. The summed E-state index contributed by atoms with van der Waals surface area (Å²) in [6, 6.07) is 18.5. The van der Waals surface area contributed by atoms with E-state index in [9.17, 15) is 0 Å². The van der Waals surface area contributed by atoms with Crippen LogP contribution in [-0.2, 0) is 13.0 Å². The molecule has 1 aliphatic carbocycles. The SMILES string of the molecule is CN1Cc2ccccc2N[C@@H]2c3ccccc3C[C@H]21. The van der Waals surface area contributed by atoms with Crippen molar-refractivity contribution >= 4 is 5.69 Å². The first kappa shape index (κ1) is 11.1. The predicted octanol–water partition coefficient (Wildman–Crippen LogP) is 3.21. The van der Waals surface area contributed by atoms with Crippen molar-refractivity contribution in [3.8, 4) is 0 Å². The van der Waals surface area contributed by atoms with Crippen molar-refractivity contribution in [3.63, 3.8) is 0 Å². The Labute approximate surface area is 114 Å². The maximum absolute atomic E-state index is 3.77. The molecule has 96 valence electrons. The van der Waals surface area contributed by atoms with Crippen LogP contribution in [0.15, 0.2) is 48.5 Å². The Morgan fingerprint density at radius 3 is 2.63 bits per heavy atom. The first-order chi connectivity index (χ1) is 9.33. The van der Waals surface area contributed by atoms with Gasteiger partial charge in [0.25, 0.3) is 0 Å². The van der Waals surface area contributed by atoms with Crippen LogP contribution in [0.3, 0.4) is 0 Å². The molecule has 0 amide bonds. The summed E-state index contributed by atoms with van der Waals surface area (Å²) in [7, 11) is 2.24. The largest absolute Gasteiger partial charge is 0.376 e. The second kappa shape index (κ2) is 4.10. The molecule has 4 rings (SSSR count). The fourth-order valence-electron chi connectivity index (χ4n) is 3.51. The average molecular weight is 250 g/mol. The van der Waals surface area contributed by atoms with E-state index in [0.29, 0.717) is 12.1 Å². The van der Waals surface area contributed by atoms with Crippen molar-refractivity contribution in [2.24, 2.45) is 0 Å². The van der Waals surface area contributed by atoms with E-state index < -0.39 is 0 Å². The van der Waals surface area contributed by atoms with E-state index in [0.717, 1.165) is 13.0 Å². The van der Waals surface area contributed by atoms with Crippen LogP contribution in [0.5, 0.6) is 0 Å². The van der Waals surface area contributed by atoms with Gasteiger partial charge in [0.05, 0.1) is 6.04 Å². The van der Waals surface area contributed by atoms with Crippen LogP contribution in [0.2, 0.25) is 0 Å². The zero-order valence-corrected chi connectivity index (χ0v) is 11.1. The molecular weight excluding hydrogens is 232 g/mol. The van der Waals surface area contributed by atoms with Gasteiger partial charge in [-0.1, -0.05) is 42.5 Å². The second-order valence-corrected chi connectivity index (χ2v) is 5.66. The molecule has 19 heavy (non-hydrogen) atoms. The number of nitrogens with zero attached hydrogens (tertiary/aromatic N) is 1. The van der Waals surface area contributed by atoms with Crippen LogP contribution in [0, 0.1) is 0 Å². The Bertz CT molecular complexity index is 620. The van der Waals surface area contributed by atoms with E-state index in [4.69, 9.17) is 0 Å². The molecule has 1 aliphatic heterocycles. The molecule has 2 aromatic carbocycles. The minimum Gasteiger partial charge on any atom is -0.376 e. The zero-order chi connectivity index (χ0) is 12.8. The smallest absolute Gasteiger partial charge is 0.0675 e. The Hall–Kier alpha value is -1.80. The summed E-state index contributed by atoms with van der Waals surface area (Å²) in [5.74, 6) is 0. The van der Waals surface area contributed by atoms with Crippen LogP contribution in [0.1, 0.15) is 22.7 Å². The summed E-state index contributed by atoms with van der Waals surface area (Å²) < 4.78 is 0. The molecule has 2 aromatic rings. The predicted molar refractivity (Wildman–Crippen MR) is 78.2 cm³/mol. The van der Waals surface area contributed by atoms with Gasteiger partial charge < -0.3 is 5.32 Å². The van der Waals surface area contributed by atoms with Crippen LogP contribution in [0.25, 0.3) is 0 Å². The van der Waals surface area contributed by atoms with Gasteiger partial charge in [-0.15, -0.1) is 0 Å². The first-order valence-electron chi connectivity index (χ1n) is 6.95. The van der Waals surface area contributed by atoms with Gasteiger partial charge in [0.2, 0.25) is 0 Å². The lowest BCUT2D eigenvalue weighted by Crippen LogP contribution is -2.35. The highest BCUT2D eigenvalue weighted by atomic mass is 15.2. The molecule has 2 aliphatic rings. The Morgan fingerprint density at radius 1 is 1.00 bits per heavy atom. The van der Waals surface area contributed by atoms with Gasteiger partial charge in [-0.2, -0.15) is 0 Å². The summed E-state index contributed by atoms with van der Waals surface area (Å²) >= 11 is 0. The van der Waals surface area contributed by atoms with Crippen LogP contribution < -0.4 is 5.32 Å². The minimum absolute atomic E-state index is 0.421. The quantitative estimate of drug-likeness (QED) is 0.772. The van der Waals surface area contributed by atoms with Gasteiger partial charge in [0.1, 0.15) is 0 Å². The van der Waals surface area contributed by atoms with Crippen molar-refractivity contribution in [1.29, 1.82) is 0 Å². The molecule has 1 heterocycles. The van der Waals surface area contributed by atoms with Gasteiger partial charge in [-0.05, 0) is 36.2 Å². The molecule has 0 aromatic heterocycles. The molecule has 0 fully saturated rings. The molecule has 1 N–H and O–H groups in total. The molecule has 0 unspecified atom stereocenters. The normalized spacial score (nSPS) is 24.9. The summed E-state index contributed by atoms with van der Waals surface area (Å²) in [6.07, 6.45) is 1.15. The van der Waals surface area contributed by atoms with Gasteiger partial charge >= 0.3 is 0 Å². The van der Waals surface area contributed by atoms with Crippen molar-refractivity contribution in [2.45, 2.75) is 25.0 Å². The molecule has 0 radical (unpaired) electrons. The van der Waals surface area contributed by atoms with Crippen molar-refractivity contribution in [3.05, 3.63) is 65.2 Å². The van der Waals surface area contributed by atoms with E-state index in [1.807, 2.05) is 0 Å². The molecule has 2 nitrogen and oxygen atoms in total. The number of anilines is 1. The molecule has 2 heteroatoms. The van der Waals surface area contributed by atoms with Crippen LogP contribution >= 0.6 is 0 Å². The highest BCUT2D eigenvalue weighted by Gasteiger charge is 2.36. The molecule has 0 saturated carbocycles. The fourth-order valence-corrected chi connectivity index (χ4v) is 3.51. The molecule has 0 spiro atoms. The Balaban J connectivity index is 1.81. The maximum atomic E-state index is 3.77. The van der Waals surface area contributed by atoms with E-state index in [2.05, 4.69) is 65.8 Å². The van der Waals surface area contributed by atoms with E-state index >= 15 is 0 Å². The Kier molecular flexibility index (Phi) is 2.39. The topological polar surface area (TPSA) is 15.3 Å². The van der Waals surface area contributed by atoms with E-state index in [-0.39, 0.29) is 0 Å². The standard InChI is InChI=1S/C17H18N2/c1-19-11-13-7-3-5-9-15(13)18-17-14-8-4-2-6-12(14)10-16(17)19/h2-9,16-18H,10-11H2,1H3/t16-,17-/m1/s1. The number of rotatable bonds is 0. The number of likely N-dealkylation sites (N-methyl/N-ethyl adjacent to an activating group) is 1. The molecule has 0 saturated heterocycles. The number of fused-ring (bicyclic) bond motifs is 4. The highest BCUT2D eigenvalue weighted by Crippen LogP contribution is 2.39. The monoisotopic (exact) mass is 250 g/mol. The van der Waals surface area contributed by atoms with Gasteiger partial charge in [-0.25, -0.2) is 0 Å². The van der Waals surface area contributed by atoms with Crippen molar-refractivity contribution in [2.75, 3.05) is 12.4 Å². The van der Waals surface area contributed by atoms with Crippen LogP contribution in [0.4, 0.5) is 5.69 Å². The number of para-hydroxylation sites is 1. The second-order valence-electron chi connectivity index (χ2n) is 5.66. The summed E-state index contributed by atoms with van der Waals surface area (Å²) in [5.41, 5.74) is 5.66. The lowest BCUT2D eigenvalue weighted by atomic mass is 10.1. The molecule has 2 atom stereocenters. The summed E-state index contributed by atoms with van der Waals surface area (Å²) in [4.78, 5) is 2.49. The highest BCUT2D eigenvalue weighted by molar-refractivity contribution is 5.56. The lowest BCUT2D eigenvalue weighted by molar-refractivity contribution is 0.227. The van der Waals surface area contributed by atoms with Crippen molar-refractivity contribution in [1.82, 2.24) is 4.90 Å². The third kappa shape index (κ3) is 1.67. The third-order valence-electron chi connectivity index (χ3n) is 4.52. The third-order valence-corrected chi connectivity index (χ3v) is 4.52. The van der Waals surface area contributed by atoms with Gasteiger partial charge in [0.15, 0.2) is 0 Å². The van der Waals surface area contributed by atoms with E-state index in [1.54, 1.807) is 0 Å². The average Bonchev–Trinajstić information content (AvgIpc) is 2.73. The summed E-state index contributed by atoms with van der Waals surface area (Å²) in [6.45, 7) is 1.03. The maximum Gasteiger partial charge on any atom is 0.0675 e. The first-order valence-corrected chi connectivity index (χ1v) is 6.95. The van der Waals surface area contributed by atoms with Crippen molar-refractivity contribution < 1.29 is 0 Å². The van der Waals surface area contributed by atoms with Crippen LogP contribution in [-0.4, -0.2) is 18.0 Å². The van der Waals surface area contributed by atoms with E-state index in [1.165, 1.54) is 22.4 Å². The number of hydrogen-bond acceptors (Lipinski definition) is 2. The minimum atomic E-state index is 0.421. The van der Waals surface area contributed by atoms with Gasteiger partial charge in [-0.3, -0.25) is 4.90 Å². The number of hydrogen-bond donors (Lipinski definition) is 1. The molecule has 0 bridgehead atoms.